The number of aromatic nitrogens is 2. The molecule has 0 atom stereocenters. The molecular formula is C20H25FN6O. The van der Waals surface area contributed by atoms with E-state index in [1.165, 1.54) is 11.1 Å². The Morgan fingerprint density at radius 2 is 2.32 bits per heavy atom. The van der Waals surface area contributed by atoms with Gasteiger partial charge in [0.1, 0.15) is 17.3 Å². The summed E-state index contributed by atoms with van der Waals surface area (Å²) in [5.74, 6) is 1.61. The lowest BCUT2D eigenvalue weighted by Crippen LogP contribution is -2.51. The van der Waals surface area contributed by atoms with Crippen LogP contribution in [-0.2, 0) is 4.79 Å². The second-order valence-corrected chi connectivity index (χ2v) is 6.60. The monoisotopic (exact) mass is 384 g/mol. The Bertz CT molecular complexity index is 879. The Morgan fingerprint density at radius 1 is 1.50 bits per heavy atom. The summed E-state index contributed by atoms with van der Waals surface area (Å²) in [7, 11) is 1.65. The Morgan fingerprint density at radius 3 is 3.00 bits per heavy atom. The van der Waals surface area contributed by atoms with Crippen molar-refractivity contribution in [1.82, 2.24) is 19.4 Å². The van der Waals surface area contributed by atoms with Crippen molar-refractivity contribution in [1.29, 1.82) is 0 Å². The molecule has 0 bridgehead atoms. The van der Waals surface area contributed by atoms with Crippen LogP contribution in [0.3, 0.4) is 0 Å². The molecular weight excluding hydrogens is 359 g/mol. The Hall–Kier alpha value is -3.16. The SMILES string of the molecule is C=C(/N=C1\C(=C/N)N(C)C(=O)CN1CCCF)n1ccnc1C1=CC=CCC1. The third-order valence-electron chi connectivity index (χ3n) is 4.76. The highest BCUT2D eigenvalue weighted by molar-refractivity contribution is 6.07. The number of hydrogen-bond donors (Lipinski definition) is 1. The highest BCUT2D eigenvalue weighted by Crippen LogP contribution is 2.25. The molecule has 1 amide bonds. The number of nitrogens with two attached hydrogens (primary N) is 1. The molecule has 0 unspecified atom stereocenters. The highest BCUT2D eigenvalue weighted by Gasteiger charge is 2.31. The minimum absolute atomic E-state index is 0.118. The third-order valence-corrected chi connectivity index (χ3v) is 4.76. The van der Waals surface area contributed by atoms with Crippen LogP contribution in [0.1, 0.15) is 25.1 Å². The number of rotatable bonds is 6. The fourth-order valence-electron chi connectivity index (χ4n) is 3.25. The summed E-state index contributed by atoms with van der Waals surface area (Å²) in [6.07, 6.45) is 13.2. The first-order valence-corrected chi connectivity index (χ1v) is 9.24. The molecule has 28 heavy (non-hydrogen) atoms. The van der Waals surface area contributed by atoms with E-state index in [9.17, 15) is 9.18 Å². The topological polar surface area (TPSA) is 79.8 Å². The van der Waals surface area contributed by atoms with Gasteiger partial charge in [0.2, 0.25) is 5.91 Å². The number of nitrogens with zero attached hydrogens (tertiary/aromatic N) is 5. The first kappa shape index (κ1) is 19.6. The summed E-state index contributed by atoms with van der Waals surface area (Å²) in [6, 6.07) is 0. The number of allylic oxidation sites excluding steroid dienone is 4. The predicted molar refractivity (Wildman–Crippen MR) is 109 cm³/mol. The zero-order chi connectivity index (χ0) is 20.1. The summed E-state index contributed by atoms with van der Waals surface area (Å²) in [4.78, 5) is 24.6. The number of hydrogen-bond acceptors (Lipinski definition) is 4. The van der Waals surface area contributed by atoms with E-state index in [1.54, 1.807) is 24.3 Å². The van der Waals surface area contributed by atoms with Gasteiger partial charge in [-0.1, -0.05) is 24.8 Å². The van der Waals surface area contributed by atoms with Crippen LogP contribution >= 0.6 is 0 Å². The summed E-state index contributed by atoms with van der Waals surface area (Å²) in [5.41, 5.74) is 7.35. The van der Waals surface area contributed by atoms with Gasteiger partial charge in [0.05, 0.1) is 13.2 Å². The fourth-order valence-corrected chi connectivity index (χ4v) is 3.25. The molecule has 8 heteroatoms. The molecule has 2 aliphatic rings. The summed E-state index contributed by atoms with van der Waals surface area (Å²) >= 11 is 0. The quantitative estimate of drug-likeness (QED) is 0.817. The number of likely N-dealkylation sites (N-methyl/N-ethyl adjacent to an activating group) is 1. The lowest BCUT2D eigenvalue weighted by molar-refractivity contribution is -0.129. The molecule has 1 aliphatic heterocycles. The van der Waals surface area contributed by atoms with Gasteiger partial charge in [-0.2, -0.15) is 0 Å². The van der Waals surface area contributed by atoms with Crippen LogP contribution in [-0.4, -0.2) is 57.9 Å². The van der Waals surface area contributed by atoms with E-state index in [0.29, 0.717) is 30.3 Å². The van der Waals surface area contributed by atoms with Gasteiger partial charge in [0.15, 0.2) is 5.84 Å². The van der Waals surface area contributed by atoms with Crippen molar-refractivity contribution in [3.8, 4) is 0 Å². The van der Waals surface area contributed by atoms with Crippen LogP contribution in [0.2, 0.25) is 0 Å². The van der Waals surface area contributed by atoms with Gasteiger partial charge in [-0.25, -0.2) is 9.98 Å². The van der Waals surface area contributed by atoms with Crippen molar-refractivity contribution in [2.24, 2.45) is 10.7 Å². The smallest absolute Gasteiger partial charge is 0.246 e. The van der Waals surface area contributed by atoms with Crippen molar-refractivity contribution in [2.75, 3.05) is 26.8 Å². The van der Waals surface area contributed by atoms with E-state index in [-0.39, 0.29) is 12.5 Å². The highest BCUT2D eigenvalue weighted by atomic mass is 19.1. The van der Waals surface area contributed by atoms with Gasteiger partial charge in [0.25, 0.3) is 0 Å². The third kappa shape index (κ3) is 3.90. The van der Waals surface area contributed by atoms with Crippen molar-refractivity contribution in [2.45, 2.75) is 19.3 Å². The number of aliphatic imine (C=N–C) groups is 1. The zero-order valence-electron chi connectivity index (χ0n) is 16.0. The molecule has 0 radical (unpaired) electrons. The zero-order valence-corrected chi connectivity index (χ0v) is 16.0. The van der Waals surface area contributed by atoms with E-state index in [4.69, 9.17) is 5.73 Å². The van der Waals surface area contributed by atoms with E-state index in [0.717, 1.165) is 24.2 Å². The van der Waals surface area contributed by atoms with Crippen molar-refractivity contribution < 1.29 is 9.18 Å². The lowest BCUT2D eigenvalue weighted by atomic mass is 10.0. The largest absolute Gasteiger partial charge is 0.403 e. The molecule has 0 aromatic carbocycles. The Balaban J connectivity index is 1.96. The van der Waals surface area contributed by atoms with Crippen LogP contribution in [0.25, 0.3) is 11.4 Å². The van der Waals surface area contributed by atoms with Gasteiger partial charge in [0, 0.05) is 32.2 Å². The van der Waals surface area contributed by atoms with Crippen LogP contribution in [0.5, 0.6) is 0 Å². The number of carbonyl (C=O) groups is 1. The Labute approximate surface area is 164 Å². The number of amides is 1. The molecule has 7 nitrogen and oxygen atoms in total. The van der Waals surface area contributed by atoms with E-state index in [1.807, 2.05) is 16.7 Å². The van der Waals surface area contributed by atoms with E-state index >= 15 is 0 Å². The standard InChI is InChI=1S/C20H25FN6O/c1-15(27-12-10-23-19(27)16-7-4-3-5-8-16)24-20-17(13-22)25(2)18(28)14-26(20)11-6-9-21/h3-4,7,10,12-13H,1,5-6,8-9,11,14,22H2,2H3/b17-13+,24-20+. The fraction of sp³-hybridized carbons (Fsp3) is 0.350. The van der Waals surface area contributed by atoms with Gasteiger partial charge in [-0.3, -0.25) is 13.8 Å². The molecule has 3 rings (SSSR count). The minimum atomic E-state index is -0.468. The number of imidazole rings is 1. The minimum Gasteiger partial charge on any atom is -0.403 e. The molecule has 0 spiro atoms. The average molecular weight is 384 g/mol. The first-order chi connectivity index (χ1) is 13.6. The predicted octanol–water partition coefficient (Wildman–Crippen LogP) is 2.38. The molecule has 2 heterocycles. The summed E-state index contributed by atoms with van der Waals surface area (Å²) in [5, 5.41) is 0. The van der Waals surface area contributed by atoms with Crippen molar-refractivity contribution >= 4 is 23.1 Å². The molecule has 1 aliphatic carbocycles. The van der Waals surface area contributed by atoms with E-state index < -0.39 is 6.67 Å². The number of amidine groups is 1. The van der Waals surface area contributed by atoms with Gasteiger partial charge < -0.3 is 15.5 Å². The molecule has 1 saturated heterocycles. The number of halogens is 1. The van der Waals surface area contributed by atoms with Crippen LogP contribution in [0.15, 0.2) is 54.1 Å². The molecule has 1 fully saturated rings. The lowest BCUT2D eigenvalue weighted by Gasteiger charge is -2.36. The summed E-state index contributed by atoms with van der Waals surface area (Å²) < 4.78 is 14.5. The molecule has 1 aromatic heterocycles. The maximum absolute atomic E-state index is 12.7. The molecule has 0 saturated carbocycles. The first-order valence-electron chi connectivity index (χ1n) is 9.24. The van der Waals surface area contributed by atoms with E-state index in [2.05, 4.69) is 22.6 Å². The molecule has 1 aromatic rings. The summed E-state index contributed by atoms with van der Waals surface area (Å²) in [6.45, 7) is 4.11. The second-order valence-electron chi connectivity index (χ2n) is 6.60. The van der Waals surface area contributed by atoms with Gasteiger partial charge in [-0.05, 0) is 24.8 Å². The number of carbonyl (C=O) groups excluding carboxylic acids is 1. The van der Waals surface area contributed by atoms with Crippen LogP contribution in [0, 0.1) is 0 Å². The maximum atomic E-state index is 12.7. The normalized spacial score (nSPS) is 20.2. The average Bonchev–Trinajstić information content (AvgIpc) is 3.20. The number of piperazine rings is 1. The Kier molecular flexibility index (Phi) is 6.08. The maximum Gasteiger partial charge on any atom is 0.246 e. The molecule has 148 valence electrons. The van der Waals surface area contributed by atoms with Gasteiger partial charge in [-0.15, -0.1) is 0 Å². The van der Waals surface area contributed by atoms with Crippen molar-refractivity contribution in [3.05, 3.63) is 54.9 Å². The molecule has 2 N–H and O–H groups in total. The van der Waals surface area contributed by atoms with Crippen molar-refractivity contribution in [3.63, 3.8) is 0 Å². The van der Waals surface area contributed by atoms with Crippen LogP contribution in [0.4, 0.5) is 4.39 Å². The second kappa shape index (κ2) is 8.69. The number of alkyl halides is 1. The van der Waals surface area contributed by atoms with Gasteiger partial charge >= 0.3 is 0 Å². The van der Waals surface area contributed by atoms with Crippen LogP contribution < -0.4 is 5.73 Å².